The van der Waals surface area contributed by atoms with Gasteiger partial charge in [0.1, 0.15) is 11.6 Å². The van der Waals surface area contributed by atoms with Gasteiger partial charge in [-0.15, -0.1) is 0 Å². The van der Waals surface area contributed by atoms with Gasteiger partial charge in [0.25, 0.3) is 0 Å². The summed E-state index contributed by atoms with van der Waals surface area (Å²) in [5.41, 5.74) is 1.60. The second kappa shape index (κ2) is 9.51. The van der Waals surface area contributed by atoms with Gasteiger partial charge >= 0.3 is 0 Å². The molecule has 3 heteroatoms. The van der Waals surface area contributed by atoms with E-state index in [-0.39, 0.29) is 0 Å². The highest BCUT2D eigenvalue weighted by molar-refractivity contribution is 6.31. The van der Waals surface area contributed by atoms with Gasteiger partial charge in [-0.1, -0.05) is 49.7 Å². The number of halogens is 3. The Morgan fingerprint density at radius 1 is 0.842 bits per heavy atom. The highest BCUT2D eigenvalue weighted by Gasteiger charge is 1.95. The van der Waals surface area contributed by atoms with Crippen LogP contribution in [0, 0.1) is 25.5 Å². The summed E-state index contributed by atoms with van der Waals surface area (Å²) in [6.07, 6.45) is 0. The molecule has 0 amide bonds. The molecule has 0 aromatic heterocycles. The van der Waals surface area contributed by atoms with Crippen LogP contribution in [0.2, 0.25) is 5.02 Å². The maximum Gasteiger partial charge on any atom is 0.129 e. The minimum Gasteiger partial charge on any atom is -0.207 e. The van der Waals surface area contributed by atoms with E-state index in [4.69, 9.17) is 11.6 Å². The molecule has 2 aromatic rings. The van der Waals surface area contributed by atoms with Crippen LogP contribution in [-0.4, -0.2) is 0 Å². The lowest BCUT2D eigenvalue weighted by molar-refractivity contribution is 0.577. The first-order valence-electron chi connectivity index (χ1n) is 6.13. The molecule has 0 radical (unpaired) electrons. The zero-order valence-electron chi connectivity index (χ0n) is 11.7. The van der Waals surface area contributed by atoms with E-state index < -0.39 is 11.6 Å². The van der Waals surface area contributed by atoms with Crippen LogP contribution in [-0.2, 0) is 0 Å². The fourth-order valence-corrected chi connectivity index (χ4v) is 1.25. The summed E-state index contributed by atoms with van der Waals surface area (Å²) in [6.45, 7) is 7.58. The molecule has 0 aliphatic carbocycles. The fourth-order valence-electron chi connectivity index (χ4n) is 1.12. The van der Waals surface area contributed by atoms with E-state index in [1.54, 1.807) is 6.92 Å². The number of aryl methyl sites for hydroxylation is 2. The van der Waals surface area contributed by atoms with Gasteiger partial charge in [0, 0.05) is 11.1 Å². The first kappa shape index (κ1) is 17.6. The topological polar surface area (TPSA) is 0 Å². The van der Waals surface area contributed by atoms with E-state index in [9.17, 15) is 8.78 Å². The number of hydrogen-bond acceptors (Lipinski definition) is 0. The third kappa shape index (κ3) is 6.92. The average molecular weight is 285 g/mol. The van der Waals surface area contributed by atoms with Crippen molar-refractivity contribution in [1.82, 2.24) is 0 Å². The van der Waals surface area contributed by atoms with E-state index in [1.165, 1.54) is 12.1 Å². The third-order valence-corrected chi connectivity index (χ3v) is 2.63. The molecule has 0 fully saturated rings. The molecule has 0 saturated carbocycles. The van der Waals surface area contributed by atoms with Crippen molar-refractivity contribution in [3.05, 3.63) is 70.2 Å². The van der Waals surface area contributed by atoms with Crippen molar-refractivity contribution >= 4 is 11.6 Å². The maximum absolute atomic E-state index is 12.3. The Morgan fingerprint density at radius 2 is 1.42 bits per heavy atom. The van der Waals surface area contributed by atoms with Gasteiger partial charge in [-0.25, -0.2) is 8.78 Å². The molecule has 2 aromatic carbocycles. The van der Waals surface area contributed by atoms with Crippen molar-refractivity contribution in [2.24, 2.45) is 0 Å². The van der Waals surface area contributed by atoms with E-state index in [1.807, 2.05) is 45.0 Å². The lowest BCUT2D eigenvalue weighted by Crippen LogP contribution is -1.81. The Labute approximate surface area is 119 Å². The fraction of sp³-hybridized carbons (Fsp3) is 0.250. The van der Waals surface area contributed by atoms with Crippen LogP contribution < -0.4 is 0 Å². The highest BCUT2D eigenvalue weighted by Crippen LogP contribution is 2.11. The Morgan fingerprint density at radius 3 is 1.79 bits per heavy atom. The van der Waals surface area contributed by atoms with Crippen molar-refractivity contribution in [3.63, 3.8) is 0 Å². The summed E-state index contributed by atoms with van der Waals surface area (Å²) < 4.78 is 24.4. The van der Waals surface area contributed by atoms with Gasteiger partial charge in [0.05, 0.1) is 0 Å². The van der Waals surface area contributed by atoms with Crippen LogP contribution >= 0.6 is 11.6 Å². The van der Waals surface area contributed by atoms with E-state index in [0.717, 1.165) is 16.7 Å². The largest absolute Gasteiger partial charge is 0.207 e. The first-order valence-corrected chi connectivity index (χ1v) is 6.51. The molecule has 0 unspecified atom stereocenters. The lowest BCUT2D eigenvalue weighted by Gasteiger charge is -1.92. The van der Waals surface area contributed by atoms with Crippen LogP contribution in [0.1, 0.15) is 25.0 Å². The van der Waals surface area contributed by atoms with Crippen molar-refractivity contribution in [2.45, 2.75) is 27.7 Å². The molecule has 104 valence electrons. The normalized spacial score (nSPS) is 8.79. The third-order valence-electron chi connectivity index (χ3n) is 2.21. The van der Waals surface area contributed by atoms with Crippen molar-refractivity contribution in [1.29, 1.82) is 0 Å². The Hall–Kier alpha value is -1.41. The van der Waals surface area contributed by atoms with Gasteiger partial charge in [-0.3, -0.25) is 0 Å². The summed E-state index contributed by atoms with van der Waals surface area (Å²) in [6, 6.07) is 11.3. The zero-order chi connectivity index (χ0) is 14.8. The maximum atomic E-state index is 12.3. The Bertz CT molecular complexity index is 475. The lowest BCUT2D eigenvalue weighted by atomic mass is 10.2. The van der Waals surface area contributed by atoms with Gasteiger partial charge < -0.3 is 0 Å². The summed E-state index contributed by atoms with van der Waals surface area (Å²) in [4.78, 5) is 0. The minimum absolute atomic E-state index is 0.469. The Balaban J connectivity index is 0.000000303. The van der Waals surface area contributed by atoms with Crippen molar-refractivity contribution in [2.75, 3.05) is 0 Å². The smallest absolute Gasteiger partial charge is 0.129 e. The molecule has 0 N–H and O–H groups in total. The summed E-state index contributed by atoms with van der Waals surface area (Å²) in [7, 11) is 0. The summed E-state index contributed by atoms with van der Waals surface area (Å²) in [5, 5.41) is 0.840. The second-order valence-corrected chi connectivity index (χ2v) is 4.05. The standard InChI is InChI=1S/C7H7Cl.C7H6F2.C2H6/c1-6-4-2-3-5-7(6)8;1-5-2-3-6(8)4-7(5)9;1-2/h2-5H,1H3;2-4H,1H3;1-2H3. The number of benzene rings is 2. The molecule has 19 heavy (non-hydrogen) atoms. The molecule has 0 bridgehead atoms. The molecule has 0 spiro atoms. The average Bonchev–Trinajstić information content (AvgIpc) is 2.41. The highest BCUT2D eigenvalue weighted by atomic mass is 35.5. The van der Waals surface area contributed by atoms with Crippen LogP contribution in [0.4, 0.5) is 8.78 Å². The van der Waals surface area contributed by atoms with Gasteiger partial charge in [-0.2, -0.15) is 0 Å². The molecule has 0 nitrogen and oxygen atoms in total. The monoisotopic (exact) mass is 284 g/mol. The van der Waals surface area contributed by atoms with Crippen LogP contribution in [0.3, 0.4) is 0 Å². The molecular weight excluding hydrogens is 266 g/mol. The molecule has 0 saturated heterocycles. The predicted octanol–water partition coefficient (Wildman–Crippen LogP) is 5.95. The molecule has 0 aliphatic heterocycles. The van der Waals surface area contributed by atoms with Crippen molar-refractivity contribution < 1.29 is 8.78 Å². The molecule has 2 rings (SSSR count). The SMILES string of the molecule is CC.Cc1ccc(F)cc1F.Cc1ccccc1Cl. The predicted molar refractivity (Wildman–Crippen MR) is 78.6 cm³/mol. The van der Waals surface area contributed by atoms with Crippen LogP contribution in [0.5, 0.6) is 0 Å². The van der Waals surface area contributed by atoms with E-state index in [0.29, 0.717) is 5.56 Å². The quantitative estimate of drug-likeness (QED) is 0.561. The van der Waals surface area contributed by atoms with Crippen molar-refractivity contribution in [3.8, 4) is 0 Å². The molecular formula is C16H19ClF2. The van der Waals surface area contributed by atoms with Gasteiger partial charge in [0.2, 0.25) is 0 Å². The summed E-state index contributed by atoms with van der Waals surface area (Å²) >= 11 is 5.71. The number of rotatable bonds is 0. The second-order valence-electron chi connectivity index (χ2n) is 3.64. The molecule has 0 aliphatic rings. The minimum atomic E-state index is -0.530. The van der Waals surface area contributed by atoms with E-state index >= 15 is 0 Å². The van der Waals surface area contributed by atoms with Crippen LogP contribution in [0.15, 0.2) is 42.5 Å². The molecule has 0 atom stereocenters. The van der Waals surface area contributed by atoms with Gasteiger partial charge in [-0.05, 0) is 37.1 Å². The zero-order valence-corrected chi connectivity index (χ0v) is 12.4. The molecule has 0 heterocycles. The van der Waals surface area contributed by atoms with Gasteiger partial charge in [0.15, 0.2) is 0 Å². The van der Waals surface area contributed by atoms with Crippen LogP contribution in [0.25, 0.3) is 0 Å². The summed E-state index contributed by atoms with van der Waals surface area (Å²) in [5.74, 6) is -1.02. The van der Waals surface area contributed by atoms with E-state index in [2.05, 4.69) is 0 Å². The first-order chi connectivity index (χ1) is 9.00. The Kier molecular flexibility index (Phi) is 8.81. The number of hydrogen-bond donors (Lipinski definition) is 0.